The molecule has 0 saturated heterocycles. The van der Waals surface area contributed by atoms with E-state index in [2.05, 4.69) is 0 Å². The summed E-state index contributed by atoms with van der Waals surface area (Å²) in [6, 6.07) is 4.02. The number of hydrogen-bond donors (Lipinski definition) is 1. The van der Waals surface area contributed by atoms with Gasteiger partial charge >= 0.3 is 5.97 Å². The third-order valence-electron chi connectivity index (χ3n) is 1.58. The first-order valence-electron chi connectivity index (χ1n) is 3.80. The molecule has 0 aliphatic rings. The van der Waals surface area contributed by atoms with Crippen LogP contribution in [0.3, 0.4) is 0 Å². The molecule has 0 atom stereocenters. The maximum atomic E-state index is 13.0. The third-order valence-corrected chi connectivity index (χ3v) is 1.58. The smallest absolute Gasteiger partial charge is 0.338 e. The largest absolute Gasteiger partial charge is 0.478 e. The first-order valence-corrected chi connectivity index (χ1v) is 3.80. The van der Waals surface area contributed by atoms with Crippen molar-refractivity contribution >= 4 is 12.0 Å². The number of allylic oxidation sites excluding steroid dienone is 1. The molecule has 0 bridgehead atoms. The third kappa shape index (κ3) is 2.15. The van der Waals surface area contributed by atoms with Crippen LogP contribution in [0.25, 0.3) is 6.08 Å². The Kier molecular flexibility index (Phi) is 2.80. The van der Waals surface area contributed by atoms with Crippen LogP contribution in [-0.4, -0.2) is 11.1 Å². The fraction of sp³-hybridized carbons (Fsp3) is 0.100. The van der Waals surface area contributed by atoms with E-state index in [1.165, 1.54) is 12.1 Å². The van der Waals surface area contributed by atoms with Gasteiger partial charge in [-0.25, -0.2) is 9.18 Å². The predicted octanol–water partition coefficient (Wildman–Crippen LogP) is 2.56. The number of benzene rings is 1. The van der Waals surface area contributed by atoms with Gasteiger partial charge in [-0.1, -0.05) is 18.2 Å². The van der Waals surface area contributed by atoms with E-state index < -0.39 is 11.8 Å². The number of carboxylic acid groups (broad SMARTS) is 1. The molecule has 1 aromatic rings. The molecule has 0 aliphatic carbocycles. The lowest BCUT2D eigenvalue weighted by molar-refractivity contribution is 0.0692. The highest BCUT2D eigenvalue weighted by molar-refractivity contribution is 5.88. The topological polar surface area (TPSA) is 37.3 Å². The van der Waals surface area contributed by atoms with Crippen LogP contribution in [0.5, 0.6) is 0 Å². The maximum absolute atomic E-state index is 13.0. The van der Waals surface area contributed by atoms with E-state index in [1.807, 2.05) is 6.92 Å². The molecule has 0 aliphatic heterocycles. The van der Waals surface area contributed by atoms with Crippen LogP contribution in [0.1, 0.15) is 22.8 Å². The van der Waals surface area contributed by atoms with Crippen molar-refractivity contribution in [2.75, 3.05) is 0 Å². The number of aromatic carboxylic acids is 1. The van der Waals surface area contributed by atoms with Crippen molar-refractivity contribution in [3.05, 3.63) is 41.2 Å². The van der Waals surface area contributed by atoms with E-state index >= 15 is 0 Å². The van der Waals surface area contributed by atoms with E-state index in [-0.39, 0.29) is 5.56 Å². The van der Waals surface area contributed by atoms with Crippen molar-refractivity contribution in [2.45, 2.75) is 6.92 Å². The zero-order valence-electron chi connectivity index (χ0n) is 7.12. The van der Waals surface area contributed by atoms with Crippen LogP contribution < -0.4 is 0 Å². The second-order valence-corrected chi connectivity index (χ2v) is 2.54. The van der Waals surface area contributed by atoms with E-state index in [0.29, 0.717) is 5.56 Å². The normalized spacial score (nSPS) is 10.6. The highest BCUT2D eigenvalue weighted by Crippen LogP contribution is 2.11. The monoisotopic (exact) mass is 180 g/mol. The van der Waals surface area contributed by atoms with E-state index in [1.54, 1.807) is 18.2 Å². The molecular formula is C10H9FO2. The van der Waals surface area contributed by atoms with Gasteiger partial charge in [0.1, 0.15) is 5.82 Å². The number of halogens is 1. The molecule has 0 saturated carbocycles. The van der Waals surface area contributed by atoms with Crippen molar-refractivity contribution in [2.24, 2.45) is 0 Å². The minimum absolute atomic E-state index is 0.298. The maximum Gasteiger partial charge on any atom is 0.338 e. The SMILES string of the molecule is CC=Cc1ccc(C(=O)O)c(F)c1. The van der Waals surface area contributed by atoms with Gasteiger partial charge < -0.3 is 5.11 Å². The Morgan fingerprint density at radius 1 is 1.54 bits per heavy atom. The Bertz CT molecular complexity index is 356. The van der Waals surface area contributed by atoms with Crippen molar-refractivity contribution in [3.8, 4) is 0 Å². The molecule has 0 unspecified atom stereocenters. The van der Waals surface area contributed by atoms with Gasteiger partial charge in [0, 0.05) is 0 Å². The fourth-order valence-corrected chi connectivity index (χ4v) is 1.00. The van der Waals surface area contributed by atoms with Gasteiger partial charge in [-0.3, -0.25) is 0 Å². The summed E-state index contributed by atoms with van der Waals surface area (Å²) in [6.45, 7) is 1.81. The van der Waals surface area contributed by atoms with Gasteiger partial charge in [0.2, 0.25) is 0 Å². The molecule has 1 N–H and O–H groups in total. The van der Waals surface area contributed by atoms with Gasteiger partial charge in [0.15, 0.2) is 0 Å². The number of hydrogen-bond acceptors (Lipinski definition) is 1. The summed E-state index contributed by atoms with van der Waals surface area (Å²) in [6.07, 6.45) is 3.46. The minimum Gasteiger partial charge on any atom is -0.478 e. The summed E-state index contributed by atoms with van der Waals surface area (Å²) < 4.78 is 13.0. The Hall–Kier alpha value is -1.64. The van der Waals surface area contributed by atoms with Crippen LogP contribution in [0.4, 0.5) is 4.39 Å². The molecule has 0 radical (unpaired) electrons. The lowest BCUT2D eigenvalue weighted by atomic mass is 10.1. The Labute approximate surface area is 75.3 Å². The molecule has 0 amide bonds. The lowest BCUT2D eigenvalue weighted by Gasteiger charge is -1.98. The molecule has 1 aromatic carbocycles. The van der Waals surface area contributed by atoms with Crippen LogP contribution in [0.15, 0.2) is 24.3 Å². The summed E-state index contributed by atoms with van der Waals surface area (Å²) >= 11 is 0. The fourth-order valence-electron chi connectivity index (χ4n) is 1.00. The summed E-state index contributed by atoms with van der Waals surface area (Å²) in [5.74, 6) is -1.95. The standard InChI is InChI=1S/C10H9FO2/c1-2-3-7-4-5-8(10(12)13)9(11)6-7/h2-6H,1H3,(H,12,13). The first-order chi connectivity index (χ1) is 6.15. The zero-order valence-corrected chi connectivity index (χ0v) is 7.12. The summed E-state index contributed by atoms with van der Waals surface area (Å²) in [7, 11) is 0. The van der Waals surface area contributed by atoms with Crippen molar-refractivity contribution < 1.29 is 14.3 Å². The Morgan fingerprint density at radius 2 is 2.23 bits per heavy atom. The molecule has 13 heavy (non-hydrogen) atoms. The average molecular weight is 180 g/mol. The average Bonchev–Trinajstić information content (AvgIpc) is 2.04. The highest BCUT2D eigenvalue weighted by atomic mass is 19.1. The summed E-state index contributed by atoms with van der Waals surface area (Å²) in [4.78, 5) is 10.4. The van der Waals surface area contributed by atoms with E-state index in [0.717, 1.165) is 0 Å². The summed E-state index contributed by atoms with van der Waals surface area (Å²) in [5.41, 5.74) is 0.359. The highest BCUT2D eigenvalue weighted by Gasteiger charge is 2.08. The number of carbonyl (C=O) groups is 1. The quantitative estimate of drug-likeness (QED) is 0.759. The van der Waals surface area contributed by atoms with E-state index in [9.17, 15) is 9.18 Å². The lowest BCUT2D eigenvalue weighted by Crippen LogP contribution is -1.99. The Morgan fingerprint density at radius 3 is 2.69 bits per heavy atom. The van der Waals surface area contributed by atoms with Crippen LogP contribution in [0, 0.1) is 5.82 Å². The number of carboxylic acids is 1. The van der Waals surface area contributed by atoms with Gasteiger partial charge in [-0.15, -0.1) is 0 Å². The van der Waals surface area contributed by atoms with Gasteiger partial charge in [0.25, 0.3) is 0 Å². The molecule has 2 nitrogen and oxygen atoms in total. The molecular weight excluding hydrogens is 171 g/mol. The molecule has 0 spiro atoms. The second kappa shape index (κ2) is 3.85. The molecule has 0 aromatic heterocycles. The molecule has 0 heterocycles. The zero-order chi connectivity index (χ0) is 9.84. The first kappa shape index (κ1) is 9.45. The van der Waals surface area contributed by atoms with Crippen LogP contribution >= 0.6 is 0 Å². The van der Waals surface area contributed by atoms with Gasteiger partial charge in [-0.2, -0.15) is 0 Å². The molecule has 68 valence electrons. The number of rotatable bonds is 2. The van der Waals surface area contributed by atoms with Crippen LogP contribution in [0.2, 0.25) is 0 Å². The van der Waals surface area contributed by atoms with Crippen molar-refractivity contribution in [1.82, 2.24) is 0 Å². The minimum atomic E-state index is -1.25. The van der Waals surface area contributed by atoms with Crippen LogP contribution in [-0.2, 0) is 0 Å². The van der Waals surface area contributed by atoms with Gasteiger partial charge in [-0.05, 0) is 24.6 Å². The molecule has 1 rings (SSSR count). The molecule has 0 fully saturated rings. The van der Waals surface area contributed by atoms with Crippen molar-refractivity contribution in [1.29, 1.82) is 0 Å². The van der Waals surface area contributed by atoms with Crippen molar-refractivity contribution in [3.63, 3.8) is 0 Å². The summed E-state index contributed by atoms with van der Waals surface area (Å²) in [5, 5.41) is 8.53. The Balaban J connectivity index is 3.12. The molecule has 3 heteroatoms. The van der Waals surface area contributed by atoms with Gasteiger partial charge in [0.05, 0.1) is 5.56 Å². The van der Waals surface area contributed by atoms with E-state index in [4.69, 9.17) is 5.11 Å². The predicted molar refractivity (Wildman–Crippen MR) is 48.1 cm³/mol. The second-order valence-electron chi connectivity index (χ2n) is 2.54.